The molecule has 1 fully saturated rings. The molecule has 1 aromatic carbocycles. The standard InChI is InChI=1S/C21H30N2O3/c24-19-11-9-18(10-12-19)21(22-14-7-15-23-21)13-4-1-2-5-16-25-20-8-3-6-17-26-20/h7,9-12,14-15,20,22,24H,1-6,8,13,16-17H2. The fourth-order valence-corrected chi connectivity index (χ4v) is 3.51. The van der Waals surface area contributed by atoms with Crippen LogP contribution in [0.2, 0.25) is 0 Å². The Balaban J connectivity index is 1.39. The van der Waals surface area contributed by atoms with E-state index < -0.39 is 5.66 Å². The van der Waals surface area contributed by atoms with Crippen LogP contribution in [-0.2, 0) is 15.1 Å². The summed E-state index contributed by atoms with van der Waals surface area (Å²) >= 11 is 0. The largest absolute Gasteiger partial charge is 0.508 e. The average Bonchev–Trinajstić information content (AvgIpc) is 2.69. The Hall–Kier alpha value is -1.85. The molecule has 1 aromatic rings. The second kappa shape index (κ2) is 9.74. The number of aromatic hydroxyl groups is 1. The second-order valence-electron chi connectivity index (χ2n) is 7.02. The zero-order chi connectivity index (χ0) is 18.1. The van der Waals surface area contributed by atoms with Gasteiger partial charge in [-0.2, -0.15) is 0 Å². The minimum Gasteiger partial charge on any atom is -0.508 e. The van der Waals surface area contributed by atoms with Crippen molar-refractivity contribution < 1.29 is 14.6 Å². The summed E-state index contributed by atoms with van der Waals surface area (Å²) in [6, 6.07) is 7.32. The van der Waals surface area contributed by atoms with Crippen molar-refractivity contribution in [2.75, 3.05) is 13.2 Å². The van der Waals surface area contributed by atoms with Crippen molar-refractivity contribution in [3.63, 3.8) is 0 Å². The molecule has 5 nitrogen and oxygen atoms in total. The molecule has 2 unspecified atom stereocenters. The molecule has 2 aliphatic rings. The van der Waals surface area contributed by atoms with Gasteiger partial charge in [0, 0.05) is 25.6 Å². The van der Waals surface area contributed by atoms with Crippen molar-refractivity contribution in [2.24, 2.45) is 4.99 Å². The monoisotopic (exact) mass is 358 g/mol. The first-order valence-corrected chi connectivity index (χ1v) is 9.79. The molecular formula is C21H30N2O3. The van der Waals surface area contributed by atoms with Crippen molar-refractivity contribution in [3.8, 4) is 5.75 Å². The molecule has 2 aliphatic heterocycles. The van der Waals surface area contributed by atoms with E-state index in [1.165, 1.54) is 6.42 Å². The van der Waals surface area contributed by atoms with Gasteiger partial charge in [-0.15, -0.1) is 0 Å². The molecule has 2 heterocycles. The van der Waals surface area contributed by atoms with Gasteiger partial charge in [0.05, 0.1) is 0 Å². The van der Waals surface area contributed by atoms with Crippen LogP contribution in [0.5, 0.6) is 5.75 Å². The highest BCUT2D eigenvalue weighted by atomic mass is 16.7. The van der Waals surface area contributed by atoms with Gasteiger partial charge in [0.1, 0.15) is 5.75 Å². The number of nitrogens with zero attached hydrogens (tertiary/aromatic N) is 1. The molecule has 0 aromatic heterocycles. The lowest BCUT2D eigenvalue weighted by atomic mass is 9.92. The van der Waals surface area contributed by atoms with Crippen LogP contribution in [0, 0.1) is 0 Å². The average molecular weight is 358 g/mol. The Morgan fingerprint density at radius 1 is 1.15 bits per heavy atom. The Morgan fingerprint density at radius 2 is 2.00 bits per heavy atom. The number of aliphatic imine (C=N–C) groups is 1. The maximum atomic E-state index is 9.54. The molecule has 2 N–H and O–H groups in total. The number of allylic oxidation sites excluding steroid dienone is 1. The first-order valence-electron chi connectivity index (χ1n) is 9.79. The van der Waals surface area contributed by atoms with Crippen LogP contribution >= 0.6 is 0 Å². The number of benzene rings is 1. The third kappa shape index (κ3) is 5.32. The van der Waals surface area contributed by atoms with Crippen molar-refractivity contribution >= 4 is 6.21 Å². The molecule has 142 valence electrons. The summed E-state index contributed by atoms with van der Waals surface area (Å²) in [7, 11) is 0. The third-order valence-electron chi connectivity index (χ3n) is 5.02. The van der Waals surface area contributed by atoms with E-state index in [1.807, 2.05) is 30.6 Å². The summed E-state index contributed by atoms with van der Waals surface area (Å²) in [4.78, 5) is 4.71. The Labute approximate surface area is 156 Å². The lowest BCUT2D eigenvalue weighted by Crippen LogP contribution is -2.39. The number of hydrogen-bond donors (Lipinski definition) is 2. The highest BCUT2D eigenvalue weighted by Crippen LogP contribution is 2.31. The summed E-state index contributed by atoms with van der Waals surface area (Å²) in [5, 5.41) is 12.9. The van der Waals surface area contributed by atoms with Crippen LogP contribution in [0.25, 0.3) is 0 Å². The number of hydrogen-bond acceptors (Lipinski definition) is 5. The van der Waals surface area contributed by atoms with E-state index in [9.17, 15) is 5.11 Å². The van der Waals surface area contributed by atoms with E-state index in [1.54, 1.807) is 12.1 Å². The van der Waals surface area contributed by atoms with Crippen molar-refractivity contribution in [2.45, 2.75) is 63.3 Å². The van der Waals surface area contributed by atoms with E-state index in [0.717, 1.165) is 63.7 Å². The second-order valence-corrected chi connectivity index (χ2v) is 7.02. The maximum absolute atomic E-state index is 9.54. The van der Waals surface area contributed by atoms with E-state index in [2.05, 4.69) is 5.32 Å². The summed E-state index contributed by atoms with van der Waals surface area (Å²) in [6.07, 6.45) is 14.5. The maximum Gasteiger partial charge on any atom is 0.157 e. The number of nitrogens with one attached hydrogen (secondary N) is 1. The van der Waals surface area contributed by atoms with E-state index in [4.69, 9.17) is 14.5 Å². The van der Waals surface area contributed by atoms with Gasteiger partial charge in [0.2, 0.25) is 0 Å². The lowest BCUT2D eigenvalue weighted by molar-refractivity contribution is -0.162. The van der Waals surface area contributed by atoms with Crippen LogP contribution in [0.3, 0.4) is 0 Å². The Kier molecular flexibility index (Phi) is 7.09. The van der Waals surface area contributed by atoms with E-state index in [0.29, 0.717) is 0 Å². The fourth-order valence-electron chi connectivity index (χ4n) is 3.51. The SMILES string of the molecule is Oc1ccc(C2(CCCCCCOC3CCCCO3)N=CC=CN2)cc1. The predicted molar refractivity (Wildman–Crippen MR) is 103 cm³/mol. The zero-order valence-electron chi connectivity index (χ0n) is 15.4. The highest BCUT2D eigenvalue weighted by Gasteiger charge is 2.30. The van der Waals surface area contributed by atoms with Crippen molar-refractivity contribution in [1.29, 1.82) is 0 Å². The normalized spacial score (nSPS) is 25.2. The Morgan fingerprint density at radius 3 is 2.73 bits per heavy atom. The van der Waals surface area contributed by atoms with Gasteiger partial charge < -0.3 is 19.9 Å². The predicted octanol–water partition coefficient (Wildman–Crippen LogP) is 4.23. The summed E-state index contributed by atoms with van der Waals surface area (Å²) in [5.74, 6) is 0.279. The highest BCUT2D eigenvalue weighted by molar-refractivity contribution is 5.72. The smallest absolute Gasteiger partial charge is 0.157 e. The van der Waals surface area contributed by atoms with Gasteiger partial charge in [-0.3, -0.25) is 4.99 Å². The van der Waals surface area contributed by atoms with Crippen molar-refractivity contribution in [3.05, 3.63) is 42.1 Å². The fraction of sp³-hybridized carbons (Fsp3) is 0.571. The van der Waals surface area contributed by atoms with Gasteiger partial charge in [-0.05, 0) is 62.3 Å². The lowest BCUT2D eigenvalue weighted by Gasteiger charge is -2.32. The summed E-state index contributed by atoms with van der Waals surface area (Å²) < 4.78 is 11.4. The van der Waals surface area contributed by atoms with Gasteiger partial charge in [-0.1, -0.05) is 25.0 Å². The number of phenolic OH excluding ortho intramolecular Hbond substituents is 1. The first kappa shape index (κ1) is 18.9. The first-order chi connectivity index (χ1) is 12.8. The van der Waals surface area contributed by atoms with Gasteiger partial charge >= 0.3 is 0 Å². The topological polar surface area (TPSA) is 63.1 Å². The van der Waals surface area contributed by atoms with Crippen LogP contribution < -0.4 is 5.32 Å². The molecule has 0 radical (unpaired) electrons. The number of ether oxygens (including phenoxy) is 2. The van der Waals surface area contributed by atoms with Crippen LogP contribution in [0.15, 0.2) is 41.5 Å². The minimum absolute atomic E-state index is 0.0223. The Bertz CT molecular complexity index is 594. The molecule has 5 heteroatoms. The van der Waals surface area contributed by atoms with Crippen LogP contribution in [0.4, 0.5) is 0 Å². The molecule has 1 saturated heterocycles. The number of phenols is 1. The third-order valence-corrected chi connectivity index (χ3v) is 5.02. The molecule has 0 spiro atoms. The van der Waals surface area contributed by atoms with Crippen LogP contribution in [0.1, 0.15) is 56.9 Å². The molecule has 0 saturated carbocycles. The van der Waals surface area contributed by atoms with Gasteiger partial charge in [-0.25, -0.2) is 0 Å². The molecule has 0 bridgehead atoms. The molecular weight excluding hydrogens is 328 g/mol. The molecule has 26 heavy (non-hydrogen) atoms. The minimum atomic E-state index is -0.422. The molecule has 3 rings (SSSR count). The van der Waals surface area contributed by atoms with Crippen LogP contribution in [-0.4, -0.2) is 30.8 Å². The van der Waals surface area contributed by atoms with E-state index in [-0.39, 0.29) is 12.0 Å². The quantitative estimate of drug-likeness (QED) is 0.649. The summed E-state index contributed by atoms with van der Waals surface area (Å²) in [5.41, 5.74) is 0.656. The zero-order valence-corrected chi connectivity index (χ0v) is 15.4. The number of unbranched alkanes of at least 4 members (excludes halogenated alkanes) is 3. The summed E-state index contributed by atoms with van der Waals surface area (Å²) in [6.45, 7) is 1.62. The van der Waals surface area contributed by atoms with Gasteiger partial charge in [0.25, 0.3) is 0 Å². The molecule has 0 amide bonds. The number of rotatable bonds is 9. The van der Waals surface area contributed by atoms with Crippen molar-refractivity contribution in [1.82, 2.24) is 5.32 Å². The molecule has 2 atom stereocenters. The molecule has 0 aliphatic carbocycles. The van der Waals surface area contributed by atoms with Gasteiger partial charge in [0.15, 0.2) is 12.0 Å². The van der Waals surface area contributed by atoms with E-state index >= 15 is 0 Å².